The summed E-state index contributed by atoms with van der Waals surface area (Å²) in [5.41, 5.74) is 8.01. The van der Waals surface area contributed by atoms with E-state index in [0.717, 1.165) is 15.7 Å². The molecule has 1 aromatic heterocycles. The molecule has 0 saturated heterocycles. The SMILES string of the molecule is I.NC(=NCc1cnn(-c2ccc(Br)cc2)c1)NC1CCCC1. The topological polar surface area (TPSA) is 68.2 Å². The molecule has 0 spiro atoms. The van der Waals surface area contributed by atoms with Crippen LogP contribution in [0.3, 0.4) is 0 Å². The maximum atomic E-state index is 5.94. The number of benzene rings is 1. The summed E-state index contributed by atoms with van der Waals surface area (Å²) >= 11 is 3.43. The van der Waals surface area contributed by atoms with Crippen molar-refractivity contribution in [3.63, 3.8) is 0 Å². The number of guanidine groups is 1. The third-order valence-corrected chi connectivity index (χ3v) is 4.40. The second-order valence-corrected chi connectivity index (χ2v) is 6.51. The van der Waals surface area contributed by atoms with Gasteiger partial charge in [-0.1, -0.05) is 28.8 Å². The Labute approximate surface area is 161 Å². The van der Waals surface area contributed by atoms with E-state index in [1.807, 2.05) is 41.3 Å². The monoisotopic (exact) mass is 489 g/mol. The Morgan fingerprint density at radius 3 is 2.70 bits per heavy atom. The molecular weight excluding hydrogens is 469 g/mol. The zero-order valence-electron chi connectivity index (χ0n) is 12.8. The molecular formula is C16H21BrIN5. The summed E-state index contributed by atoms with van der Waals surface area (Å²) in [5.74, 6) is 0.531. The standard InChI is InChI=1S/C16H20BrN5.HI/c17-13-5-7-15(8-6-13)22-11-12(10-20-22)9-19-16(18)21-14-3-1-2-4-14;/h5-8,10-11,14H,1-4,9H2,(H3,18,19,21);1H. The quantitative estimate of drug-likeness (QED) is 0.391. The molecule has 1 aliphatic carbocycles. The lowest BCUT2D eigenvalue weighted by Gasteiger charge is -2.11. The highest BCUT2D eigenvalue weighted by atomic mass is 127. The second kappa shape index (κ2) is 8.68. The third kappa shape index (κ3) is 5.20. The fourth-order valence-corrected chi connectivity index (χ4v) is 2.94. The first-order chi connectivity index (χ1) is 10.7. The molecule has 5 nitrogen and oxygen atoms in total. The summed E-state index contributed by atoms with van der Waals surface area (Å²) in [6.45, 7) is 0.544. The molecule has 0 unspecified atom stereocenters. The van der Waals surface area contributed by atoms with Crippen molar-refractivity contribution < 1.29 is 0 Å². The number of hydrogen-bond acceptors (Lipinski definition) is 2. The van der Waals surface area contributed by atoms with Gasteiger partial charge < -0.3 is 11.1 Å². The molecule has 3 rings (SSSR count). The van der Waals surface area contributed by atoms with Crippen LogP contribution in [0, 0.1) is 0 Å². The van der Waals surface area contributed by atoms with E-state index < -0.39 is 0 Å². The smallest absolute Gasteiger partial charge is 0.189 e. The fourth-order valence-electron chi connectivity index (χ4n) is 2.68. The zero-order valence-corrected chi connectivity index (χ0v) is 16.7. The predicted octanol–water partition coefficient (Wildman–Crippen LogP) is 3.60. The van der Waals surface area contributed by atoms with E-state index in [9.17, 15) is 0 Å². The molecule has 0 atom stereocenters. The first kappa shape index (κ1) is 18.3. The Balaban J connectivity index is 0.00000192. The van der Waals surface area contributed by atoms with E-state index in [1.54, 1.807) is 0 Å². The van der Waals surface area contributed by atoms with Gasteiger partial charge in [0.15, 0.2) is 5.96 Å². The largest absolute Gasteiger partial charge is 0.370 e. The molecule has 0 bridgehead atoms. The second-order valence-electron chi connectivity index (χ2n) is 5.60. The van der Waals surface area contributed by atoms with Crippen molar-refractivity contribution in [3.8, 4) is 5.69 Å². The van der Waals surface area contributed by atoms with E-state index >= 15 is 0 Å². The van der Waals surface area contributed by atoms with Gasteiger partial charge in [0.05, 0.1) is 18.4 Å². The number of rotatable bonds is 4. The van der Waals surface area contributed by atoms with E-state index in [4.69, 9.17) is 5.73 Å². The summed E-state index contributed by atoms with van der Waals surface area (Å²) in [6, 6.07) is 8.52. The van der Waals surface area contributed by atoms with E-state index in [1.165, 1.54) is 25.7 Å². The van der Waals surface area contributed by atoms with Crippen LogP contribution in [0.5, 0.6) is 0 Å². The Morgan fingerprint density at radius 1 is 1.30 bits per heavy atom. The van der Waals surface area contributed by atoms with Crippen molar-refractivity contribution in [3.05, 3.63) is 46.7 Å². The molecule has 1 aliphatic rings. The van der Waals surface area contributed by atoms with Gasteiger partial charge in [-0.15, -0.1) is 24.0 Å². The van der Waals surface area contributed by atoms with Crippen molar-refractivity contribution >= 4 is 45.9 Å². The van der Waals surface area contributed by atoms with Gasteiger partial charge in [0.25, 0.3) is 0 Å². The summed E-state index contributed by atoms with van der Waals surface area (Å²) in [6.07, 6.45) is 8.76. The van der Waals surface area contributed by atoms with Gasteiger partial charge in [-0.05, 0) is 37.1 Å². The highest BCUT2D eigenvalue weighted by Crippen LogP contribution is 2.17. The van der Waals surface area contributed by atoms with Crippen LogP contribution in [0.2, 0.25) is 0 Å². The molecule has 3 N–H and O–H groups in total. The van der Waals surface area contributed by atoms with Crippen molar-refractivity contribution in [1.82, 2.24) is 15.1 Å². The highest BCUT2D eigenvalue weighted by Gasteiger charge is 2.14. The van der Waals surface area contributed by atoms with Crippen LogP contribution in [0.1, 0.15) is 31.2 Å². The molecule has 23 heavy (non-hydrogen) atoms. The first-order valence-corrected chi connectivity index (χ1v) is 8.36. The van der Waals surface area contributed by atoms with Gasteiger partial charge >= 0.3 is 0 Å². The zero-order chi connectivity index (χ0) is 15.4. The lowest BCUT2D eigenvalue weighted by molar-refractivity contribution is 0.625. The summed E-state index contributed by atoms with van der Waals surface area (Å²) < 4.78 is 2.90. The van der Waals surface area contributed by atoms with Gasteiger partial charge in [0.1, 0.15) is 0 Å². The number of nitrogens with one attached hydrogen (secondary N) is 1. The van der Waals surface area contributed by atoms with E-state index in [0.29, 0.717) is 18.5 Å². The molecule has 124 valence electrons. The van der Waals surface area contributed by atoms with Gasteiger partial charge in [-0.3, -0.25) is 0 Å². The molecule has 0 radical (unpaired) electrons. The number of nitrogens with two attached hydrogens (primary N) is 1. The van der Waals surface area contributed by atoms with Crippen molar-refractivity contribution in [1.29, 1.82) is 0 Å². The van der Waals surface area contributed by atoms with Crippen LogP contribution >= 0.6 is 39.9 Å². The van der Waals surface area contributed by atoms with Crippen LogP contribution in [0.15, 0.2) is 46.1 Å². The van der Waals surface area contributed by atoms with Gasteiger partial charge in [-0.2, -0.15) is 5.10 Å². The van der Waals surface area contributed by atoms with Crippen LogP contribution in [-0.4, -0.2) is 21.8 Å². The third-order valence-electron chi connectivity index (χ3n) is 3.87. The fraction of sp³-hybridized carbons (Fsp3) is 0.375. The van der Waals surface area contributed by atoms with E-state index in [2.05, 4.69) is 31.3 Å². The lowest BCUT2D eigenvalue weighted by atomic mass is 10.2. The van der Waals surface area contributed by atoms with Gasteiger partial charge in [0.2, 0.25) is 0 Å². The maximum Gasteiger partial charge on any atom is 0.189 e. The first-order valence-electron chi connectivity index (χ1n) is 7.56. The minimum atomic E-state index is 0. The normalized spacial score (nSPS) is 15.4. The molecule has 7 heteroatoms. The number of aromatic nitrogens is 2. The number of aliphatic imine (C=N–C) groups is 1. The summed E-state index contributed by atoms with van der Waals surface area (Å²) in [7, 11) is 0. The van der Waals surface area contributed by atoms with Gasteiger partial charge in [-0.25, -0.2) is 9.67 Å². The Kier molecular flexibility index (Phi) is 6.88. The predicted molar refractivity (Wildman–Crippen MR) is 107 cm³/mol. The lowest BCUT2D eigenvalue weighted by Crippen LogP contribution is -2.38. The van der Waals surface area contributed by atoms with Crippen molar-refractivity contribution in [2.45, 2.75) is 38.3 Å². The summed E-state index contributed by atoms with van der Waals surface area (Å²) in [5, 5.41) is 7.66. The summed E-state index contributed by atoms with van der Waals surface area (Å²) in [4.78, 5) is 4.40. The Hall–Kier alpha value is -1.09. The average molecular weight is 490 g/mol. The Morgan fingerprint density at radius 2 is 2.00 bits per heavy atom. The molecule has 1 aromatic carbocycles. The highest BCUT2D eigenvalue weighted by molar-refractivity contribution is 14.0. The Bertz CT molecular complexity index is 647. The number of hydrogen-bond donors (Lipinski definition) is 2. The van der Waals surface area contributed by atoms with Crippen LogP contribution < -0.4 is 11.1 Å². The van der Waals surface area contributed by atoms with Crippen molar-refractivity contribution in [2.75, 3.05) is 0 Å². The average Bonchev–Trinajstić information content (AvgIpc) is 3.17. The van der Waals surface area contributed by atoms with Crippen molar-refractivity contribution in [2.24, 2.45) is 10.7 Å². The molecule has 0 aliphatic heterocycles. The van der Waals surface area contributed by atoms with Crippen LogP contribution in [-0.2, 0) is 6.54 Å². The van der Waals surface area contributed by atoms with Crippen LogP contribution in [0.4, 0.5) is 0 Å². The molecule has 1 heterocycles. The van der Waals surface area contributed by atoms with E-state index in [-0.39, 0.29) is 24.0 Å². The number of halogens is 2. The maximum absolute atomic E-state index is 5.94. The van der Waals surface area contributed by atoms with Gasteiger partial charge in [0, 0.05) is 22.3 Å². The minimum absolute atomic E-state index is 0. The number of nitrogens with zero attached hydrogens (tertiary/aromatic N) is 3. The molecule has 1 fully saturated rings. The molecule has 0 amide bonds. The van der Waals surface area contributed by atoms with Crippen LogP contribution in [0.25, 0.3) is 5.69 Å². The minimum Gasteiger partial charge on any atom is -0.370 e. The molecule has 2 aromatic rings. The molecule has 1 saturated carbocycles.